The first-order chi connectivity index (χ1) is 10.2. The SMILES string of the molecule is CCCNC(Cc1ccc(CC)cc1)c1cccnc1C. The Morgan fingerprint density at radius 1 is 1.05 bits per heavy atom. The zero-order valence-corrected chi connectivity index (χ0v) is 13.4. The number of nitrogens with zero attached hydrogens (tertiary/aromatic N) is 1. The predicted molar refractivity (Wildman–Crippen MR) is 89.5 cm³/mol. The van der Waals surface area contributed by atoms with Crippen molar-refractivity contribution >= 4 is 0 Å². The Kier molecular flexibility index (Phi) is 5.94. The van der Waals surface area contributed by atoms with Crippen molar-refractivity contribution in [2.24, 2.45) is 0 Å². The van der Waals surface area contributed by atoms with Crippen LogP contribution in [-0.2, 0) is 12.8 Å². The summed E-state index contributed by atoms with van der Waals surface area (Å²) in [5.74, 6) is 0. The van der Waals surface area contributed by atoms with Crippen LogP contribution >= 0.6 is 0 Å². The average molecular weight is 282 g/mol. The number of aryl methyl sites for hydroxylation is 2. The Hall–Kier alpha value is -1.67. The van der Waals surface area contributed by atoms with E-state index < -0.39 is 0 Å². The topological polar surface area (TPSA) is 24.9 Å². The van der Waals surface area contributed by atoms with Crippen LogP contribution in [0.1, 0.15) is 48.7 Å². The number of nitrogens with one attached hydrogen (secondary N) is 1. The predicted octanol–water partition coefficient (Wildman–Crippen LogP) is 4.24. The first kappa shape index (κ1) is 15.7. The van der Waals surface area contributed by atoms with E-state index in [1.807, 2.05) is 12.3 Å². The first-order valence-corrected chi connectivity index (χ1v) is 7.97. The highest BCUT2D eigenvalue weighted by Gasteiger charge is 2.14. The minimum Gasteiger partial charge on any atom is -0.310 e. The monoisotopic (exact) mass is 282 g/mol. The van der Waals surface area contributed by atoms with Crippen LogP contribution in [0.2, 0.25) is 0 Å². The van der Waals surface area contributed by atoms with E-state index in [4.69, 9.17) is 0 Å². The van der Waals surface area contributed by atoms with Gasteiger partial charge in [-0.15, -0.1) is 0 Å². The van der Waals surface area contributed by atoms with Crippen molar-refractivity contribution in [3.63, 3.8) is 0 Å². The molecule has 2 heteroatoms. The van der Waals surface area contributed by atoms with E-state index in [9.17, 15) is 0 Å². The van der Waals surface area contributed by atoms with Crippen molar-refractivity contribution in [1.82, 2.24) is 10.3 Å². The van der Waals surface area contributed by atoms with Crippen molar-refractivity contribution in [1.29, 1.82) is 0 Å². The van der Waals surface area contributed by atoms with Crippen molar-refractivity contribution in [3.05, 3.63) is 65.0 Å². The lowest BCUT2D eigenvalue weighted by Crippen LogP contribution is -2.25. The molecule has 1 heterocycles. The van der Waals surface area contributed by atoms with Gasteiger partial charge in [0.25, 0.3) is 0 Å². The van der Waals surface area contributed by atoms with E-state index in [2.05, 4.69) is 61.4 Å². The second-order valence-electron chi connectivity index (χ2n) is 5.56. The van der Waals surface area contributed by atoms with Gasteiger partial charge in [0.1, 0.15) is 0 Å². The molecule has 0 spiro atoms. The normalized spacial score (nSPS) is 12.3. The fourth-order valence-electron chi connectivity index (χ4n) is 2.62. The van der Waals surface area contributed by atoms with Gasteiger partial charge in [-0.2, -0.15) is 0 Å². The van der Waals surface area contributed by atoms with Crippen molar-refractivity contribution in [2.45, 2.75) is 46.1 Å². The van der Waals surface area contributed by atoms with Gasteiger partial charge < -0.3 is 5.32 Å². The number of rotatable bonds is 7. The van der Waals surface area contributed by atoms with Gasteiger partial charge in [-0.1, -0.05) is 44.2 Å². The Morgan fingerprint density at radius 3 is 2.38 bits per heavy atom. The third-order valence-corrected chi connectivity index (χ3v) is 3.94. The van der Waals surface area contributed by atoms with Crippen molar-refractivity contribution in [2.75, 3.05) is 6.54 Å². The molecule has 0 radical (unpaired) electrons. The molecule has 112 valence electrons. The minimum atomic E-state index is 0.339. The van der Waals surface area contributed by atoms with E-state index in [1.54, 1.807) is 0 Å². The maximum atomic E-state index is 4.44. The quantitative estimate of drug-likeness (QED) is 0.821. The lowest BCUT2D eigenvalue weighted by Gasteiger charge is -2.20. The van der Waals surface area contributed by atoms with Crippen LogP contribution in [0.25, 0.3) is 0 Å². The summed E-state index contributed by atoms with van der Waals surface area (Å²) in [6.45, 7) is 7.53. The average Bonchev–Trinajstić information content (AvgIpc) is 2.53. The van der Waals surface area contributed by atoms with Crippen LogP contribution in [0.3, 0.4) is 0 Å². The zero-order valence-electron chi connectivity index (χ0n) is 13.4. The summed E-state index contributed by atoms with van der Waals surface area (Å²) in [4.78, 5) is 4.44. The Morgan fingerprint density at radius 2 is 1.76 bits per heavy atom. The smallest absolute Gasteiger partial charge is 0.0420 e. The molecule has 1 aromatic heterocycles. The molecule has 2 rings (SSSR count). The molecule has 1 unspecified atom stereocenters. The molecule has 0 amide bonds. The number of pyridine rings is 1. The third-order valence-electron chi connectivity index (χ3n) is 3.94. The summed E-state index contributed by atoms with van der Waals surface area (Å²) < 4.78 is 0. The molecular formula is C19H26N2. The summed E-state index contributed by atoms with van der Waals surface area (Å²) in [6, 6.07) is 13.5. The van der Waals surface area contributed by atoms with Gasteiger partial charge in [0.2, 0.25) is 0 Å². The zero-order chi connectivity index (χ0) is 15.1. The van der Waals surface area contributed by atoms with Crippen LogP contribution < -0.4 is 5.32 Å². The van der Waals surface area contributed by atoms with E-state index >= 15 is 0 Å². The van der Waals surface area contributed by atoms with E-state index in [1.165, 1.54) is 16.7 Å². The second-order valence-corrected chi connectivity index (χ2v) is 5.56. The molecule has 2 nitrogen and oxygen atoms in total. The lowest BCUT2D eigenvalue weighted by atomic mass is 9.97. The summed E-state index contributed by atoms with van der Waals surface area (Å²) >= 11 is 0. The molecular weight excluding hydrogens is 256 g/mol. The Bertz CT molecular complexity index is 546. The van der Waals surface area contributed by atoms with Gasteiger partial charge in [-0.3, -0.25) is 4.98 Å². The summed E-state index contributed by atoms with van der Waals surface area (Å²) in [5.41, 5.74) is 5.21. The molecule has 1 aromatic carbocycles. The van der Waals surface area contributed by atoms with Crippen LogP contribution in [0.15, 0.2) is 42.6 Å². The molecule has 0 aliphatic rings. The van der Waals surface area contributed by atoms with Gasteiger partial charge in [-0.05, 0) is 55.5 Å². The van der Waals surface area contributed by atoms with Gasteiger partial charge in [0.15, 0.2) is 0 Å². The summed E-state index contributed by atoms with van der Waals surface area (Å²) in [5, 5.41) is 3.66. The standard InChI is InChI=1S/C19H26N2/c1-4-12-21-19(18-7-6-13-20-15(18)3)14-17-10-8-16(5-2)9-11-17/h6-11,13,19,21H,4-5,12,14H2,1-3H3. The molecule has 0 saturated carbocycles. The van der Waals surface area contributed by atoms with Crippen LogP contribution in [0.4, 0.5) is 0 Å². The van der Waals surface area contributed by atoms with Crippen LogP contribution in [-0.4, -0.2) is 11.5 Å². The number of hydrogen-bond donors (Lipinski definition) is 1. The second kappa shape index (κ2) is 7.94. The molecule has 21 heavy (non-hydrogen) atoms. The molecule has 2 aromatic rings. The largest absolute Gasteiger partial charge is 0.310 e. The number of aromatic nitrogens is 1. The highest BCUT2D eigenvalue weighted by molar-refractivity contribution is 5.28. The van der Waals surface area contributed by atoms with E-state index in [0.29, 0.717) is 6.04 Å². The summed E-state index contributed by atoms with van der Waals surface area (Å²) in [7, 11) is 0. The fourth-order valence-corrected chi connectivity index (χ4v) is 2.62. The number of benzene rings is 1. The van der Waals surface area contributed by atoms with Crippen molar-refractivity contribution in [3.8, 4) is 0 Å². The molecule has 0 fully saturated rings. The molecule has 0 saturated heterocycles. The molecule has 0 bridgehead atoms. The maximum absolute atomic E-state index is 4.44. The van der Waals surface area contributed by atoms with E-state index in [-0.39, 0.29) is 0 Å². The molecule has 1 atom stereocenters. The van der Waals surface area contributed by atoms with Crippen LogP contribution in [0.5, 0.6) is 0 Å². The van der Waals surface area contributed by atoms with Gasteiger partial charge >= 0.3 is 0 Å². The molecule has 0 aliphatic carbocycles. The first-order valence-electron chi connectivity index (χ1n) is 7.97. The molecule has 0 aliphatic heterocycles. The summed E-state index contributed by atoms with van der Waals surface area (Å²) in [6.07, 6.45) is 5.12. The van der Waals surface area contributed by atoms with Crippen LogP contribution in [0, 0.1) is 6.92 Å². The fraction of sp³-hybridized carbons (Fsp3) is 0.421. The number of hydrogen-bond acceptors (Lipinski definition) is 2. The van der Waals surface area contributed by atoms with Crippen molar-refractivity contribution < 1.29 is 0 Å². The van der Waals surface area contributed by atoms with E-state index in [0.717, 1.165) is 31.5 Å². The molecule has 1 N–H and O–H groups in total. The maximum Gasteiger partial charge on any atom is 0.0420 e. The third kappa shape index (κ3) is 4.40. The van der Waals surface area contributed by atoms with Gasteiger partial charge in [0, 0.05) is 17.9 Å². The van der Waals surface area contributed by atoms with Gasteiger partial charge in [-0.25, -0.2) is 0 Å². The Balaban J connectivity index is 2.17. The minimum absolute atomic E-state index is 0.339. The Labute approximate surface area is 128 Å². The lowest BCUT2D eigenvalue weighted by molar-refractivity contribution is 0.525. The highest BCUT2D eigenvalue weighted by Crippen LogP contribution is 2.21. The van der Waals surface area contributed by atoms with Gasteiger partial charge in [0.05, 0.1) is 0 Å². The highest BCUT2D eigenvalue weighted by atomic mass is 14.9.